The van der Waals surface area contributed by atoms with Crippen LogP contribution in [0.1, 0.15) is 48.2 Å². The number of hydrogen-bond acceptors (Lipinski definition) is 2. The molecule has 2 aliphatic heterocycles. The Hall–Kier alpha value is -2.59. The Morgan fingerprint density at radius 2 is 2.00 bits per heavy atom. The number of fused-ring (bicyclic) bond motifs is 6. The molecular weight excluding hydrogens is 363 g/mol. The second kappa shape index (κ2) is 6.74. The van der Waals surface area contributed by atoms with Gasteiger partial charge in [0, 0.05) is 35.8 Å². The number of aromatic nitrogens is 1. The van der Waals surface area contributed by atoms with Gasteiger partial charge in [-0.2, -0.15) is 0 Å². The van der Waals surface area contributed by atoms with Crippen LogP contribution in [-0.4, -0.2) is 29.7 Å². The number of ether oxygens (including phenoxy) is 1. The quantitative estimate of drug-likeness (QED) is 0.562. The molecule has 3 aromatic rings. The van der Waals surface area contributed by atoms with Crippen molar-refractivity contribution in [1.29, 1.82) is 0 Å². The summed E-state index contributed by atoms with van der Waals surface area (Å²) in [6.07, 6.45) is 5.74. The normalized spacial score (nSPS) is 21.6. The number of methoxy groups -OCH3 is 1. The van der Waals surface area contributed by atoms with Gasteiger partial charge in [0.2, 0.25) is 0 Å². The Labute approximate surface area is 171 Å². The first kappa shape index (κ1) is 18.4. The minimum absolute atomic E-state index is 0.278. The van der Waals surface area contributed by atoms with Crippen molar-refractivity contribution in [2.45, 2.75) is 45.2 Å². The summed E-state index contributed by atoms with van der Waals surface area (Å²) in [6, 6.07) is 13.0. The summed E-state index contributed by atoms with van der Waals surface area (Å²) >= 11 is 0. The van der Waals surface area contributed by atoms with Crippen LogP contribution in [0.15, 0.2) is 36.4 Å². The van der Waals surface area contributed by atoms with Gasteiger partial charge in [-0.3, -0.25) is 4.90 Å². The number of halogens is 1. The van der Waals surface area contributed by atoms with E-state index in [0.29, 0.717) is 12.1 Å². The molecule has 0 radical (unpaired) electrons. The summed E-state index contributed by atoms with van der Waals surface area (Å²) in [5, 5.41) is 1.36. The topological polar surface area (TPSA) is 17.4 Å². The van der Waals surface area contributed by atoms with Crippen LogP contribution in [0.25, 0.3) is 22.7 Å². The number of likely N-dealkylation sites (N-methyl/N-ethyl adjacent to an activating group) is 1. The first-order valence-electron chi connectivity index (χ1n) is 10.4. The van der Waals surface area contributed by atoms with Gasteiger partial charge in [-0.15, -0.1) is 0 Å². The highest BCUT2D eigenvalue weighted by atomic mass is 19.1. The van der Waals surface area contributed by atoms with E-state index in [9.17, 15) is 4.39 Å². The summed E-state index contributed by atoms with van der Waals surface area (Å²) in [5.41, 5.74) is 7.36. The van der Waals surface area contributed by atoms with Crippen molar-refractivity contribution >= 4 is 22.7 Å². The van der Waals surface area contributed by atoms with Crippen molar-refractivity contribution in [3.63, 3.8) is 0 Å². The molecule has 0 spiro atoms. The van der Waals surface area contributed by atoms with Gasteiger partial charge in [0.15, 0.2) is 11.6 Å². The van der Waals surface area contributed by atoms with E-state index in [-0.39, 0.29) is 11.6 Å². The van der Waals surface area contributed by atoms with Crippen LogP contribution in [0.3, 0.4) is 0 Å². The predicted octanol–water partition coefficient (Wildman–Crippen LogP) is 5.81. The van der Waals surface area contributed by atoms with Crippen LogP contribution in [0, 0.1) is 12.7 Å². The molecule has 0 saturated carbocycles. The van der Waals surface area contributed by atoms with Crippen LogP contribution < -0.4 is 4.74 Å². The van der Waals surface area contributed by atoms with Gasteiger partial charge in [-0.25, -0.2) is 4.39 Å². The Bertz CT molecular complexity index is 1140. The van der Waals surface area contributed by atoms with Crippen LogP contribution in [0.5, 0.6) is 5.75 Å². The maximum atomic E-state index is 14.2. The van der Waals surface area contributed by atoms with Crippen molar-refractivity contribution in [2.24, 2.45) is 0 Å². The zero-order chi connectivity index (χ0) is 20.3. The third-order valence-corrected chi connectivity index (χ3v) is 6.84. The molecule has 5 rings (SSSR count). The SMILES string of the molecule is COc1ccc(C(C)=Cn2c3c(c4cc(C)ccc42)C2CCC(C3)N2C)cc1F. The van der Waals surface area contributed by atoms with Crippen LogP contribution in [-0.2, 0) is 6.42 Å². The first-order valence-corrected chi connectivity index (χ1v) is 10.4. The summed E-state index contributed by atoms with van der Waals surface area (Å²) in [4.78, 5) is 2.56. The molecule has 150 valence electrons. The first-order chi connectivity index (χ1) is 14.0. The Morgan fingerprint density at radius 3 is 2.76 bits per heavy atom. The van der Waals surface area contributed by atoms with E-state index in [1.807, 2.05) is 6.07 Å². The number of hydrogen-bond donors (Lipinski definition) is 0. The molecule has 1 aromatic heterocycles. The predicted molar refractivity (Wildman–Crippen MR) is 117 cm³/mol. The molecule has 2 aliphatic rings. The maximum absolute atomic E-state index is 14.2. The summed E-state index contributed by atoms with van der Waals surface area (Å²) in [5.74, 6) is -0.0483. The van der Waals surface area contributed by atoms with Gasteiger partial charge < -0.3 is 9.30 Å². The van der Waals surface area contributed by atoms with E-state index in [0.717, 1.165) is 17.6 Å². The number of allylic oxidation sites excluding steroid dienone is 1. The Balaban J connectivity index is 1.69. The number of nitrogens with zero attached hydrogens (tertiary/aromatic N) is 2. The van der Waals surface area contributed by atoms with E-state index < -0.39 is 0 Å². The van der Waals surface area contributed by atoms with Gasteiger partial charge in [0.1, 0.15) is 0 Å². The summed E-state index contributed by atoms with van der Waals surface area (Å²) in [7, 11) is 3.76. The van der Waals surface area contributed by atoms with Crippen molar-refractivity contribution in [3.8, 4) is 5.75 Å². The Kier molecular flexibility index (Phi) is 4.28. The molecule has 2 aromatic carbocycles. The van der Waals surface area contributed by atoms with Crippen molar-refractivity contribution in [3.05, 3.63) is 64.6 Å². The molecule has 0 aliphatic carbocycles. The molecule has 3 nitrogen and oxygen atoms in total. The molecule has 4 heteroatoms. The Morgan fingerprint density at radius 1 is 1.17 bits per heavy atom. The molecule has 1 fully saturated rings. The highest BCUT2D eigenvalue weighted by Crippen LogP contribution is 2.47. The van der Waals surface area contributed by atoms with Crippen molar-refractivity contribution in [2.75, 3.05) is 14.2 Å². The standard InChI is InChI=1S/C25H27FN2O/c1-15-5-8-21-19(11-15)25-22-9-7-18(27(22)3)13-23(25)28(21)14-16(2)17-6-10-24(29-4)20(26)12-17/h5-6,8,10-12,14,18,22H,7,9,13H2,1-4H3. The van der Waals surface area contributed by atoms with Crippen molar-refractivity contribution in [1.82, 2.24) is 9.47 Å². The number of aryl methyl sites for hydroxylation is 1. The summed E-state index contributed by atoms with van der Waals surface area (Å²) in [6.45, 7) is 4.21. The molecule has 0 N–H and O–H groups in total. The van der Waals surface area contributed by atoms with Gasteiger partial charge in [0.25, 0.3) is 0 Å². The lowest BCUT2D eigenvalue weighted by Crippen LogP contribution is -2.34. The highest BCUT2D eigenvalue weighted by Gasteiger charge is 2.40. The molecule has 2 unspecified atom stereocenters. The van der Waals surface area contributed by atoms with Crippen molar-refractivity contribution < 1.29 is 9.13 Å². The zero-order valence-electron chi connectivity index (χ0n) is 17.5. The van der Waals surface area contributed by atoms with Gasteiger partial charge in [0.05, 0.1) is 12.6 Å². The van der Waals surface area contributed by atoms with Crippen LogP contribution in [0.4, 0.5) is 4.39 Å². The van der Waals surface area contributed by atoms with Gasteiger partial charge >= 0.3 is 0 Å². The van der Waals surface area contributed by atoms with E-state index in [1.54, 1.807) is 12.1 Å². The fourth-order valence-electron chi connectivity index (χ4n) is 5.24. The minimum Gasteiger partial charge on any atom is -0.494 e. The molecular formula is C25H27FN2O. The van der Waals surface area contributed by atoms with Gasteiger partial charge in [-0.1, -0.05) is 17.7 Å². The molecule has 0 amide bonds. The zero-order valence-corrected chi connectivity index (χ0v) is 17.5. The van der Waals surface area contributed by atoms with Crippen LogP contribution >= 0.6 is 0 Å². The average molecular weight is 391 g/mol. The third-order valence-electron chi connectivity index (χ3n) is 6.84. The van der Waals surface area contributed by atoms with E-state index >= 15 is 0 Å². The second-order valence-corrected chi connectivity index (χ2v) is 8.53. The highest BCUT2D eigenvalue weighted by molar-refractivity contribution is 5.91. The smallest absolute Gasteiger partial charge is 0.165 e. The average Bonchev–Trinajstić information content (AvgIpc) is 3.11. The van der Waals surface area contributed by atoms with Crippen LogP contribution in [0.2, 0.25) is 0 Å². The fourth-order valence-corrected chi connectivity index (χ4v) is 5.24. The molecule has 3 heterocycles. The minimum atomic E-state index is -0.326. The van der Waals surface area contributed by atoms with E-state index in [4.69, 9.17) is 4.74 Å². The largest absolute Gasteiger partial charge is 0.494 e. The molecule has 1 saturated heterocycles. The maximum Gasteiger partial charge on any atom is 0.165 e. The number of benzene rings is 2. The third kappa shape index (κ3) is 2.81. The van der Waals surface area contributed by atoms with E-state index in [2.05, 4.69) is 54.8 Å². The monoisotopic (exact) mass is 390 g/mol. The fraction of sp³-hybridized carbons (Fsp3) is 0.360. The number of rotatable bonds is 3. The lowest BCUT2D eigenvalue weighted by atomic mass is 9.97. The second-order valence-electron chi connectivity index (χ2n) is 8.53. The van der Waals surface area contributed by atoms with Gasteiger partial charge in [-0.05, 0) is 74.7 Å². The molecule has 2 bridgehead atoms. The molecule has 29 heavy (non-hydrogen) atoms. The van der Waals surface area contributed by atoms with E-state index in [1.165, 1.54) is 47.7 Å². The lowest BCUT2D eigenvalue weighted by molar-refractivity contribution is 0.223. The summed E-state index contributed by atoms with van der Waals surface area (Å²) < 4.78 is 21.7. The lowest BCUT2D eigenvalue weighted by Gasteiger charge is -2.32. The molecule has 2 atom stereocenters.